The van der Waals surface area contributed by atoms with Gasteiger partial charge in [-0.1, -0.05) is 24.6 Å². The Kier molecular flexibility index (Phi) is 5.61. The van der Waals surface area contributed by atoms with Crippen molar-refractivity contribution in [2.45, 2.75) is 26.3 Å². The number of thiophene rings is 1. The second-order valence-electron chi connectivity index (χ2n) is 4.66. The highest BCUT2D eigenvalue weighted by molar-refractivity contribution is 9.11. The van der Waals surface area contributed by atoms with Crippen LogP contribution in [0.4, 0.5) is 4.39 Å². The van der Waals surface area contributed by atoms with E-state index >= 15 is 0 Å². The van der Waals surface area contributed by atoms with E-state index in [-0.39, 0.29) is 11.9 Å². The molecule has 1 aromatic heterocycles. The number of hydrogen-bond donors (Lipinski definition) is 1. The molecule has 0 aliphatic rings. The van der Waals surface area contributed by atoms with Gasteiger partial charge in [-0.2, -0.15) is 0 Å². The van der Waals surface area contributed by atoms with Crippen LogP contribution in [0.15, 0.2) is 28.1 Å². The first-order chi connectivity index (χ1) is 9.52. The smallest absolute Gasteiger partial charge is 0.129 e. The lowest BCUT2D eigenvalue weighted by Crippen LogP contribution is -2.23. The minimum absolute atomic E-state index is 0.137. The topological polar surface area (TPSA) is 12.0 Å². The fraction of sp³-hybridized carbons (Fsp3) is 0.333. The number of benzene rings is 1. The summed E-state index contributed by atoms with van der Waals surface area (Å²) in [6, 6.07) is 6.81. The zero-order valence-corrected chi connectivity index (χ0v) is 14.5. The Labute approximate surface area is 136 Å². The molecular formula is C15H16BrClFNS. The summed E-state index contributed by atoms with van der Waals surface area (Å²) < 4.78 is 15.3. The summed E-state index contributed by atoms with van der Waals surface area (Å²) in [5, 5.41) is 3.83. The third-order valence-corrected chi connectivity index (χ3v) is 5.47. The Morgan fingerprint density at radius 3 is 2.70 bits per heavy atom. The quantitative estimate of drug-likeness (QED) is 0.705. The summed E-state index contributed by atoms with van der Waals surface area (Å²) in [6.45, 7) is 4.97. The molecule has 108 valence electrons. The molecule has 1 aromatic carbocycles. The maximum absolute atomic E-state index is 14.2. The van der Waals surface area contributed by atoms with Gasteiger partial charge in [-0.15, -0.1) is 11.3 Å². The van der Waals surface area contributed by atoms with E-state index in [0.29, 0.717) is 10.6 Å². The average molecular weight is 377 g/mol. The molecule has 1 nitrogen and oxygen atoms in total. The second-order valence-corrected chi connectivity index (χ2v) is 7.50. The van der Waals surface area contributed by atoms with Crippen LogP contribution in [0.1, 0.15) is 35.4 Å². The lowest BCUT2D eigenvalue weighted by Gasteiger charge is -2.18. The summed E-state index contributed by atoms with van der Waals surface area (Å²) in [5.41, 5.74) is 1.80. The summed E-state index contributed by atoms with van der Waals surface area (Å²) in [5.74, 6) is -0.270. The lowest BCUT2D eigenvalue weighted by atomic mass is 10.0. The van der Waals surface area contributed by atoms with E-state index in [1.54, 1.807) is 23.5 Å². The Morgan fingerprint density at radius 2 is 2.15 bits per heavy atom. The van der Waals surface area contributed by atoms with Crippen molar-refractivity contribution in [2.75, 3.05) is 6.54 Å². The van der Waals surface area contributed by atoms with E-state index in [1.165, 1.54) is 11.6 Å². The number of nitrogens with one attached hydrogen (secondary N) is 1. The maximum atomic E-state index is 14.2. The Balaban J connectivity index is 2.41. The predicted molar refractivity (Wildman–Crippen MR) is 88.3 cm³/mol. The molecule has 0 aliphatic carbocycles. The van der Waals surface area contributed by atoms with Crippen molar-refractivity contribution in [1.82, 2.24) is 5.32 Å². The SMILES string of the molecule is CCCNC(c1cc(C)c(Br)s1)c1ccc(Cl)cc1F. The Hall–Kier alpha value is -0.420. The van der Waals surface area contributed by atoms with Gasteiger partial charge in [0.1, 0.15) is 5.82 Å². The van der Waals surface area contributed by atoms with E-state index < -0.39 is 0 Å². The van der Waals surface area contributed by atoms with E-state index in [9.17, 15) is 4.39 Å². The van der Waals surface area contributed by atoms with Gasteiger partial charge in [0.2, 0.25) is 0 Å². The van der Waals surface area contributed by atoms with E-state index in [4.69, 9.17) is 11.6 Å². The van der Waals surface area contributed by atoms with Gasteiger partial charge in [-0.05, 0) is 59.6 Å². The lowest BCUT2D eigenvalue weighted by molar-refractivity contribution is 0.551. The molecule has 0 fully saturated rings. The van der Waals surface area contributed by atoms with Crippen molar-refractivity contribution in [3.63, 3.8) is 0 Å². The van der Waals surface area contributed by atoms with E-state index in [1.807, 2.05) is 6.92 Å². The minimum atomic E-state index is -0.270. The average Bonchev–Trinajstić information content (AvgIpc) is 2.72. The monoisotopic (exact) mass is 375 g/mol. The molecule has 2 aromatic rings. The summed E-state index contributed by atoms with van der Waals surface area (Å²) >= 11 is 11.0. The first-order valence-electron chi connectivity index (χ1n) is 6.47. The minimum Gasteiger partial charge on any atom is -0.306 e. The summed E-state index contributed by atoms with van der Waals surface area (Å²) in [6.07, 6.45) is 0.997. The number of rotatable bonds is 5. The third kappa shape index (κ3) is 3.61. The van der Waals surface area contributed by atoms with Gasteiger partial charge in [-0.3, -0.25) is 0 Å². The second kappa shape index (κ2) is 7.03. The highest BCUT2D eigenvalue weighted by Gasteiger charge is 2.20. The highest BCUT2D eigenvalue weighted by atomic mass is 79.9. The van der Waals surface area contributed by atoms with Crippen LogP contribution in [0.5, 0.6) is 0 Å². The normalized spacial score (nSPS) is 12.7. The molecule has 5 heteroatoms. The Bertz CT molecular complexity index is 580. The van der Waals surface area contributed by atoms with E-state index in [2.05, 4.69) is 34.2 Å². The van der Waals surface area contributed by atoms with Gasteiger partial charge in [0.05, 0.1) is 9.83 Å². The Morgan fingerprint density at radius 1 is 1.40 bits per heavy atom. The highest BCUT2D eigenvalue weighted by Crippen LogP contribution is 2.35. The largest absolute Gasteiger partial charge is 0.306 e. The molecule has 1 N–H and O–H groups in total. The van der Waals surface area contributed by atoms with Gasteiger partial charge in [0.15, 0.2) is 0 Å². The first-order valence-corrected chi connectivity index (χ1v) is 8.45. The molecule has 0 radical (unpaired) electrons. The van der Waals surface area contributed by atoms with Gasteiger partial charge in [0.25, 0.3) is 0 Å². The van der Waals surface area contributed by atoms with Crippen molar-refractivity contribution < 1.29 is 4.39 Å². The standard InChI is InChI=1S/C15H16BrClFNS/c1-3-6-19-14(13-7-9(2)15(16)20-13)11-5-4-10(17)8-12(11)18/h4-5,7-8,14,19H,3,6H2,1-2H3. The molecular weight excluding hydrogens is 361 g/mol. The van der Waals surface area contributed by atoms with Gasteiger partial charge in [0, 0.05) is 15.5 Å². The summed E-state index contributed by atoms with van der Waals surface area (Å²) in [7, 11) is 0. The number of hydrogen-bond acceptors (Lipinski definition) is 2. The number of aryl methyl sites for hydroxylation is 1. The molecule has 0 amide bonds. The molecule has 0 spiro atoms. The van der Waals surface area contributed by atoms with Crippen molar-refractivity contribution >= 4 is 38.9 Å². The zero-order valence-electron chi connectivity index (χ0n) is 11.3. The fourth-order valence-electron chi connectivity index (χ4n) is 2.01. The molecule has 20 heavy (non-hydrogen) atoms. The summed E-state index contributed by atoms with van der Waals surface area (Å²) in [4.78, 5) is 1.10. The molecule has 1 atom stereocenters. The molecule has 1 unspecified atom stereocenters. The van der Waals surface area contributed by atoms with Gasteiger partial charge >= 0.3 is 0 Å². The predicted octanol–water partition coefficient (Wildman–Crippen LogP) is 5.70. The number of halogens is 3. The molecule has 0 saturated carbocycles. The molecule has 0 bridgehead atoms. The van der Waals surface area contributed by atoms with Crippen molar-refractivity contribution in [3.05, 3.63) is 54.9 Å². The molecule has 2 rings (SSSR count). The first kappa shape index (κ1) is 16.0. The molecule has 0 saturated heterocycles. The van der Waals surface area contributed by atoms with Crippen LogP contribution in [-0.4, -0.2) is 6.54 Å². The van der Waals surface area contributed by atoms with Crippen molar-refractivity contribution in [2.24, 2.45) is 0 Å². The van der Waals surface area contributed by atoms with Crippen molar-refractivity contribution in [3.8, 4) is 0 Å². The zero-order chi connectivity index (χ0) is 14.7. The van der Waals surface area contributed by atoms with Crippen LogP contribution >= 0.6 is 38.9 Å². The fourth-order valence-corrected chi connectivity index (χ4v) is 3.84. The van der Waals surface area contributed by atoms with Crippen LogP contribution in [0.2, 0.25) is 5.02 Å². The van der Waals surface area contributed by atoms with Crippen LogP contribution < -0.4 is 5.32 Å². The third-order valence-electron chi connectivity index (χ3n) is 3.03. The van der Waals surface area contributed by atoms with E-state index in [0.717, 1.165) is 21.6 Å². The van der Waals surface area contributed by atoms with Crippen molar-refractivity contribution in [1.29, 1.82) is 0 Å². The van der Waals surface area contributed by atoms with Crippen LogP contribution in [0, 0.1) is 12.7 Å². The molecule has 1 heterocycles. The maximum Gasteiger partial charge on any atom is 0.129 e. The molecule has 0 aliphatic heterocycles. The van der Waals surface area contributed by atoms with Gasteiger partial charge in [-0.25, -0.2) is 4.39 Å². The van der Waals surface area contributed by atoms with Crippen LogP contribution in [0.25, 0.3) is 0 Å². The van der Waals surface area contributed by atoms with Gasteiger partial charge < -0.3 is 5.32 Å². The van der Waals surface area contributed by atoms with Crippen LogP contribution in [-0.2, 0) is 0 Å². The van der Waals surface area contributed by atoms with Crippen LogP contribution in [0.3, 0.4) is 0 Å².